The number of hydrogen-bond donors (Lipinski definition) is 1. The van der Waals surface area contributed by atoms with Crippen molar-refractivity contribution in [2.75, 3.05) is 38.6 Å². The molecular weight excluding hydrogens is 466 g/mol. The second-order valence-corrected chi connectivity index (χ2v) is 10.9. The average molecular weight is 488 g/mol. The molecule has 0 aliphatic carbocycles. The number of carbonyl (C=O) groups excluding carboxylic acids is 1. The Kier molecular flexibility index (Phi) is 6.77. The lowest BCUT2D eigenvalue weighted by Crippen LogP contribution is -2.48. The summed E-state index contributed by atoms with van der Waals surface area (Å²) in [6.07, 6.45) is 0. The van der Waals surface area contributed by atoms with Gasteiger partial charge in [0.05, 0.1) is 21.5 Å². The zero-order chi connectivity index (χ0) is 20.3. The maximum absolute atomic E-state index is 13.0. The van der Waals surface area contributed by atoms with Gasteiger partial charge in [0.15, 0.2) is 0 Å². The van der Waals surface area contributed by atoms with Crippen molar-refractivity contribution in [1.29, 1.82) is 0 Å². The predicted molar refractivity (Wildman–Crippen MR) is 113 cm³/mol. The van der Waals surface area contributed by atoms with Crippen LogP contribution in [-0.4, -0.2) is 56.8 Å². The lowest BCUT2D eigenvalue weighted by Gasteiger charge is -2.33. The van der Waals surface area contributed by atoms with Crippen molar-refractivity contribution in [2.24, 2.45) is 0 Å². The van der Waals surface area contributed by atoms with Crippen LogP contribution in [0.25, 0.3) is 0 Å². The number of rotatable bonds is 6. The van der Waals surface area contributed by atoms with Crippen LogP contribution in [0.1, 0.15) is 11.8 Å². The molecule has 0 bridgehead atoms. The van der Waals surface area contributed by atoms with Gasteiger partial charge in [0.2, 0.25) is 15.9 Å². The van der Waals surface area contributed by atoms with Gasteiger partial charge in [-0.05, 0) is 40.2 Å². The van der Waals surface area contributed by atoms with Gasteiger partial charge in [0.25, 0.3) is 0 Å². The molecule has 152 valence electrons. The van der Waals surface area contributed by atoms with E-state index in [4.69, 9.17) is 4.74 Å². The molecule has 7 nitrogen and oxygen atoms in total. The van der Waals surface area contributed by atoms with E-state index in [1.54, 1.807) is 17.4 Å². The topological polar surface area (TPSA) is 79.0 Å². The molecule has 0 atom stereocenters. The highest BCUT2D eigenvalue weighted by molar-refractivity contribution is 9.11. The lowest BCUT2D eigenvalue weighted by atomic mass is 10.3. The zero-order valence-corrected chi connectivity index (χ0v) is 18.9. The summed E-state index contributed by atoms with van der Waals surface area (Å²) in [5.41, 5.74) is 0.445. The number of nitrogens with zero attached hydrogens (tertiary/aromatic N) is 2. The first-order valence-electron chi connectivity index (χ1n) is 8.72. The fourth-order valence-electron chi connectivity index (χ4n) is 3.06. The summed E-state index contributed by atoms with van der Waals surface area (Å²) in [6, 6.07) is 8.62. The third-order valence-corrected chi connectivity index (χ3v) is 7.96. The van der Waals surface area contributed by atoms with Crippen LogP contribution in [0.2, 0.25) is 0 Å². The van der Waals surface area contributed by atoms with Crippen LogP contribution in [0, 0.1) is 0 Å². The number of sulfonamides is 1. The van der Waals surface area contributed by atoms with Gasteiger partial charge in [-0.15, -0.1) is 11.3 Å². The second-order valence-electron chi connectivity index (χ2n) is 6.43. The molecule has 1 aliphatic heterocycles. The van der Waals surface area contributed by atoms with Crippen LogP contribution in [0.5, 0.6) is 5.75 Å². The summed E-state index contributed by atoms with van der Waals surface area (Å²) in [7, 11) is -2.18. The molecule has 1 amide bonds. The smallest absolute Gasteiger partial charge is 0.243 e. The highest BCUT2D eigenvalue weighted by Crippen LogP contribution is 2.30. The van der Waals surface area contributed by atoms with Crippen molar-refractivity contribution in [1.82, 2.24) is 9.21 Å². The number of nitrogens with one attached hydrogen (secondary N) is 1. The third kappa shape index (κ3) is 4.93. The first-order valence-corrected chi connectivity index (χ1v) is 11.8. The second kappa shape index (κ2) is 8.91. The molecule has 0 radical (unpaired) electrons. The number of ether oxygens (including phenoxy) is 1. The molecule has 0 saturated carbocycles. The number of amides is 1. The van der Waals surface area contributed by atoms with E-state index in [-0.39, 0.29) is 10.8 Å². The highest BCUT2D eigenvalue weighted by Gasteiger charge is 2.29. The number of thiophene rings is 1. The Morgan fingerprint density at radius 3 is 2.50 bits per heavy atom. The van der Waals surface area contributed by atoms with Gasteiger partial charge in [-0.3, -0.25) is 9.69 Å². The minimum absolute atomic E-state index is 0.161. The quantitative estimate of drug-likeness (QED) is 0.677. The number of halogens is 1. The van der Waals surface area contributed by atoms with Crippen LogP contribution in [0.3, 0.4) is 0 Å². The Morgan fingerprint density at radius 2 is 1.93 bits per heavy atom. The maximum Gasteiger partial charge on any atom is 0.243 e. The number of methoxy groups -OCH3 is 1. The monoisotopic (exact) mass is 487 g/mol. The van der Waals surface area contributed by atoms with Crippen LogP contribution < -0.4 is 10.1 Å². The summed E-state index contributed by atoms with van der Waals surface area (Å²) in [4.78, 5) is 14.9. The summed E-state index contributed by atoms with van der Waals surface area (Å²) in [5, 5.41) is 2.63. The van der Waals surface area contributed by atoms with Crippen LogP contribution >= 0.6 is 27.3 Å². The number of piperazine rings is 1. The van der Waals surface area contributed by atoms with E-state index >= 15 is 0 Å². The Bertz CT molecular complexity index is 953. The van der Waals surface area contributed by atoms with Gasteiger partial charge in [0.1, 0.15) is 5.75 Å². The molecule has 2 heterocycles. The molecule has 10 heteroatoms. The molecule has 1 saturated heterocycles. The maximum atomic E-state index is 13.0. The van der Waals surface area contributed by atoms with E-state index in [9.17, 15) is 13.2 Å². The van der Waals surface area contributed by atoms with Gasteiger partial charge in [-0.2, -0.15) is 4.31 Å². The molecule has 1 aromatic heterocycles. The summed E-state index contributed by atoms with van der Waals surface area (Å²) >= 11 is 5.16. The molecule has 1 aliphatic rings. The Hall–Kier alpha value is -1.46. The molecule has 3 rings (SSSR count). The Balaban J connectivity index is 1.69. The van der Waals surface area contributed by atoms with Gasteiger partial charge < -0.3 is 10.1 Å². The van der Waals surface area contributed by atoms with Crippen molar-refractivity contribution in [3.8, 4) is 5.75 Å². The fraction of sp³-hybridized carbons (Fsp3) is 0.389. The molecular formula is C18H22BrN3O4S2. The number of anilines is 1. The Morgan fingerprint density at radius 1 is 1.21 bits per heavy atom. The van der Waals surface area contributed by atoms with E-state index in [0.717, 1.165) is 10.3 Å². The number of benzene rings is 1. The van der Waals surface area contributed by atoms with Gasteiger partial charge in [0, 0.05) is 50.6 Å². The van der Waals surface area contributed by atoms with E-state index in [1.165, 1.54) is 35.3 Å². The van der Waals surface area contributed by atoms with Crippen molar-refractivity contribution in [2.45, 2.75) is 18.4 Å². The molecule has 1 fully saturated rings. The van der Waals surface area contributed by atoms with Crippen molar-refractivity contribution >= 4 is 48.9 Å². The van der Waals surface area contributed by atoms with Crippen LogP contribution in [0.4, 0.5) is 5.69 Å². The molecule has 1 N–H and O–H groups in total. The van der Waals surface area contributed by atoms with Gasteiger partial charge in [-0.1, -0.05) is 0 Å². The van der Waals surface area contributed by atoms with Crippen LogP contribution in [0.15, 0.2) is 39.0 Å². The lowest BCUT2D eigenvalue weighted by molar-refractivity contribution is -0.114. The third-order valence-electron chi connectivity index (χ3n) is 4.46. The molecule has 0 unspecified atom stereocenters. The van der Waals surface area contributed by atoms with Crippen molar-refractivity contribution < 1.29 is 17.9 Å². The fourth-order valence-corrected chi connectivity index (χ4v) is 6.02. The van der Waals surface area contributed by atoms with Gasteiger partial charge in [-0.25, -0.2) is 8.42 Å². The van der Waals surface area contributed by atoms with Crippen LogP contribution in [-0.2, 0) is 21.4 Å². The highest BCUT2D eigenvalue weighted by atomic mass is 79.9. The van der Waals surface area contributed by atoms with E-state index in [2.05, 4.69) is 32.2 Å². The predicted octanol–water partition coefficient (Wildman–Crippen LogP) is 2.98. The Labute approximate surface area is 177 Å². The van der Waals surface area contributed by atoms with E-state index in [0.29, 0.717) is 37.6 Å². The molecule has 1 aromatic carbocycles. The normalized spacial score (nSPS) is 16.1. The molecule has 0 spiro atoms. The SMILES string of the molecule is COc1cc(S(=O)(=O)N2CCN(Cc3ccc(Br)s3)CC2)ccc1NC(C)=O. The molecule has 28 heavy (non-hydrogen) atoms. The summed E-state index contributed by atoms with van der Waals surface area (Å²) < 4.78 is 33.9. The van der Waals surface area contributed by atoms with Gasteiger partial charge >= 0.3 is 0 Å². The van der Waals surface area contributed by atoms with E-state index < -0.39 is 10.0 Å². The standard InChI is InChI=1S/C18H22BrN3O4S2/c1-13(23)20-16-5-4-15(11-17(16)26-2)28(24,25)22-9-7-21(8-10-22)12-14-3-6-18(19)27-14/h3-6,11H,7-10,12H2,1-2H3,(H,20,23). The zero-order valence-electron chi connectivity index (χ0n) is 15.6. The average Bonchev–Trinajstić information content (AvgIpc) is 3.06. The van der Waals surface area contributed by atoms with Crippen molar-refractivity contribution in [3.63, 3.8) is 0 Å². The minimum atomic E-state index is -3.62. The minimum Gasteiger partial charge on any atom is -0.495 e. The summed E-state index contributed by atoms with van der Waals surface area (Å²) in [5.74, 6) is 0.0704. The van der Waals surface area contributed by atoms with E-state index in [1.807, 2.05) is 6.07 Å². The first-order chi connectivity index (χ1) is 13.3. The largest absolute Gasteiger partial charge is 0.495 e. The molecule has 2 aromatic rings. The van der Waals surface area contributed by atoms with Crippen molar-refractivity contribution in [3.05, 3.63) is 39.0 Å². The summed E-state index contributed by atoms with van der Waals surface area (Å²) in [6.45, 7) is 4.43. The first kappa shape index (κ1) is 21.3. The number of hydrogen-bond acceptors (Lipinski definition) is 6. The number of carbonyl (C=O) groups is 1.